The minimum atomic E-state index is 0. The Morgan fingerprint density at radius 2 is 1.23 bits per heavy atom. The molecule has 0 fully saturated rings. The summed E-state index contributed by atoms with van der Waals surface area (Å²) in [4.78, 5) is 9.00. The zero-order chi connectivity index (χ0) is 41.4. The summed E-state index contributed by atoms with van der Waals surface area (Å²) < 4.78 is 22.2. The van der Waals surface area contributed by atoms with E-state index in [9.17, 15) is 0 Å². The molecule has 5 heterocycles. The van der Waals surface area contributed by atoms with Gasteiger partial charge in [0.15, 0.2) is 0 Å². The van der Waals surface area contributed by atoms with E-state index in [0.717, 1.165) is 99.5 Å². The molecule has 0 aliphatic carbocycles. The molecule has 0 amide bonds. The second-order valence-electron chi connectivity index (χ2n) is 15.6. The van der Waals surface area contributed by atoms with Crippen LogP contribution in [0.1, 0.15) is 0 Å². The van der Waals surface area contributed by atoms with Crippen molar-refractivity contribution in [3.05, 3.63) is 213 Å². The zero-order valence-electron chi connectivity index (χ0n) is 33.9. The number of hydrogen-bond donors (Lipinski definition) is 0. The first kappa shape index (κ1) is 37.9. The van der Waals surface area contributed by atoms with Gasteiger partial charge in [0.25, 0.3) is 0 Å². The third-order valence-corrected chi connectivity index (χ3v) is 12.0. The SMILES string of the molecule is [Pt].[c-]1c(N2C=CN(c3c(-c4ccccc4)cccc3-c3ccccc3)[CH-]2)cc2c(oc3c2ccc2oc4ccccc4c23)c1Oc1[c-]c2c(cc1)c1ccccc1n2-c1ccccn1. The molecule has 308 valence electrons. The number of pyridine rings is 1. The van der Waals surface area contributed by atoms with Crippen molar-refractivity contribution in [3.8, 4) is 39.6 Å². The molecule has 0 saturated heterocycles. The fourth-order valence-electron chi connectivity index (χ4n) is 9.17. The molecule has 13 rings (SSSR count). The summed E-state index contributed by atoms with van der Waals surface area (Å²) in [5.41, 5.74) is 11.1. The van der Waals surface area contributed by atoms with Gasteiger partial charge >= 0.3 is 0 Å². The number of aromatic nitrogens is 2. The Hall–Kier alpha value is -7.86. The number of para-hydroxylation sites is 3. The number of rotatable bonds is 7. The fourth-order valence-corrected chi connectivity index (χ4v) is 9.17. The molecule has 12 aromatic rings. The largest absolute Gasteiger partial charge is 0.511 e. The van der Waals surface area contributed by atoms with Crippen LogP contribution in [0.4, 0.5) is 11.4 Å². The molecule has 0 unspecified atom stereocenters. The monoisotopic (exact) mass is 1000 g/mol. The summed E-state index contributed by atoms with van der Waals surface area (Å²) in [5.74, 6) is 1.75. The number of benzene rings is 8. The Bertz CT molecular complexity index is 3710. The van der Waals surface area contributed by atoms with Crippen molar-refractivity contribution in [2.45, 2.75) is 0 Å². The summed E-state index contributed by atoms with van der Waals surface area (Å²) >= 11 is 0. The van der Waals surface area contributed by atoms with E-state index in [-0.39, 0.29) is 21.1 Å². The maximum Gasteiger partial charge on any atom is 0.139 e. The van der Waals surface area contributed by atoms with Crippen LogP contribution in [-0.4, -0.2) is 9.55 Å². The van der Waals surface area contributed by atoms with Crippen LogP contribution in [0.5, 0.6) is 11.5 Å². The molecule has 0 atom stereocenters. The number of ether oxygens (including phenoxy) is 1. The third-order valence-electron chi connectivity index (χ3n) is 12.0. The quantitative estimate of drug-likeness (QED) is 0.148. The van der Waals surface area contributed by atoms with E-state index in [2.05, 4.69) is 167 Å². The van der Waals surface area contributed by atoms with E-state index >= 15 is 0 Å². The smallest absolute Gasteiger partial charge is 0.139 e. The average molecular weight is 1000 g/mol. The first-order chi connectivity index (χ1) is 31.2. The maximum absolute atomic E-state index is 6.92. The van der Waals surface area contributed by atoms with Crippen molar-refractivity contribution in [1.29, 1.82) is 0 Å². The number of nitrogens with zero attached hydrogens (tertiary/aromatic N) is 4. The van der Waals surface area contributed by atoms with E-state index in [1.165, 1.54) is 0 Å². The van der Waals surface area contributed by atoms with Gasteiger partial charge < -0.3 is 27.9 Å². The fraction of sp³-hybridized carbons (Fsp3) is 0. The molecule has 0 radical (unpaired) electrons. The van der Waals surface area contributed by atoms with Crippen LogP contribution >= 0.6 is 0 Å². The molecular weight excluding hydrogens is 972 g/mol. The summed E-state index contributed by atoms with van der Waals surface area (Å²) in [6.45, 7) is 2.10. The molecule has 0 saturated carbocycles. The third kappa shape index (κ3) is 6.04. The summed E-state index contributed by atoms with van der Waals surface area (Å²) in [6, 6.07) is 67.4. The van der Waals surface area contributed by atoms with Crippen LogP contribution in [0.25, 0.3) is 93.8 Å². The van der Waals surface area contributed by atoms with Gasteiger partial charge in [0.1, 0.15) is 22.6 Å². The van der Waals surface area contributed by atoms with Gasteiger partial charge in [0.2, 0.25) is 0 Å². The normalized spacial score (nSPS) is 12.7. The summed E-state index contributed by atoms with van der Waals surface area (Å²) in [5, 5.41) is 5.90. The first-order valence-corrected chi connectivity index (χ1v) is 20.8. The molecule has 8 heteroatoms. The Kier molecular flexibility index (Phi) is 8.99. The Labute approximate surface area is 381 Å². The Morgan fingerprint density at radius 1 is 0.531 bits per heavy atom. The van der Waals surface area contributed by atoms with Gasteiger partial charge in [-0.05, 0) is 65.3 Å². The minimum absolute atomic E-state index is 0. The topological polar surface area (TPSA) is 59.8 Å². The molecule has 8 aromatic carbocycles. The molecular formula is C56H33N4O3Pt-3. The second-order valence-corrected chi connectivity index (χ2v) is 15.6. The molecule has 64 heavy (non-hydrogen) atoms. The van der Waals surface area contributed by atoms with E-state index in [0.29, 0.717) is 17.1 Å². The van der Waals surface area contributed by atoms with E-state index in [4.69, 9.17) is 18.6 Å². The summed E-state index contributed by atoms with van der Waals surface area (Å²) in [7, 11) is 0. The molecule has 1 aliphatic heterocycles. The predicted molar refractivity (Wildman–Crippen MR) is 253 cm³/mol. The van der Waals surface area contributed by atoms with Crippen LogP contribution in [0.2, 0.25) is 0 Å². The van der Waals surface area contributed by atoms with Crippen molar-refractivity contribution < 1.29 is 34.6 Å². The first-order valence-electron chi connectivity index (χ1n) is 20.8. The van der Waals surface area contributed by atoms with Gasteiger partial charge in [-0.1, -0.05) is 132 Å². The van der Waals surface area contributed by atoms with Crippen LogP contribution in [-0.2, 0) is 21.1 Å². The van der Waals surface area contributed by atoms with E-state index in [1.807, 2.05) is 60.8 Å². The van der Waals surface area contributed by atoms with Gasteiger partial charge in [-0.15, -0.1) is 42.0 Å². The van der Waals surface area contributed by atoms with Gasteiger partial charge in [-0.3, -0.25) is 0 Å². The average Bonchev–Trinajstić information content (AvgIpc) is 4.14. The van der Waals surface area contributed by atoms with E-state index < -0.39 is 0 Å². The minimum Gasteiger partial charge on any atom is -0.511 e. The molecule has 7 nitrogen and oxygen atoms in total. The van der Waals surface area contributed by atoms with Crippen molar-refractivity contribution in [2.75, 3.05) is 9.80 Å². The molecule has 4 aromatic heterocycles. The summed E-state index contributed by atoms with van der Waals surface area (Å²) in [6.07, 6.45) is 5.97. The zero-order valence-corrected chi connectivity index (χ0v) is 36.2. The van der Waals surface area contributed by atoms with E-state index in [1.54, 1.807) is 0 Å². The van der Waals surface area contributed by atoms with Gasteiger partial charge in [-0.25, -0.2) is 4.98 Å². The van der Waals surface area contributed by atoms with Crippen molar-refractivity contribution in [2.24, 2.45) is 0 Å². The maximum atomic E-state index is 6.92. The second kappa shape index (κ2) is 15.2. The standard InChI is InChI=1S/C56H33N4O3.Pt/c1-3-14-36(15-4-1)40-20-13-21-41(37-16-5-2-6-17-37)54(40)59-31-30-58(35-59)38-32-46-44-27-28-50-53(45-19-8-10-23-49(45)62-50)56(44)63-55(46)51(33-38)61-39-25-26-43-42-18-7-9-22-47(42)60(48(43)34-39)52-24-11-12-29-57-52;/h1-32,35H;/q-3;. The van der Waals surface area contributed by atoms with Crippen molar-refractivity contribution in [1.82, 2.24) is 9.55 Å². The van der Waals surface area contributed by atoms with Crippen LogP contribution in [0.15, 0.2) is 203 Å². The van der Waals surface area contributed by atoms with Crippen molar-refractivity contribution >= 4 is 77.1 Å². The number of fused-ring (bicyclic) bond motifs is 10. The Morgan fingerprint density at radius 3 is 2.02 bits per heavy atom. The number of anilines is 2. The van der Waals surface area contributed by atoms with Gasteiger partial charge in [-0.2, -0.15) is 6.07 Å². The molecule has 0 N–H and O–H groups in total. The molecule has 0 bridgehead atoms. The van der Waals surface area contributed by atoms with Gasteiger partial charge in [0.05, 0.1) is 16.7 Å². The van der Waals surface area contributed by atoms with Crippen LogP contribution in [0, 0.1) is 18.8 Å². The number of furan rings is 2. The molecule has 1 aliphatic rings. The number of hydrogen-bond acceptors (Lipinski definition) is 6. The predicted octanol–water partition coefficient (Wildman–Crippen LogP) is 14.6. The van der Waals surface area contributed by atoms with Gasteiger partial charge in [0, 0.05) is 66.1 Å². The van der Waals surface area contributed by atoms with Crippen molar-refractivity contribution in [3.63, 3.8) is 0 Å². The van der Waals surface area contributed by atoms with Crippen LogP contribution in [0.3, 0.4) is 0 Å². The Balaban J connectivity index is 0.00000433. The molecule has 0 spiro atoms. The van der Waals surface area contributed by atoms with Crippen LogP contribution < -0.4 is 14.5 Å².